The van der Waals surface area contributed by atoms with Crippen molar-refractivity contribution in [3.63, 3.8) is 0 Å². The van der Waals surface area contributed by atoms with E-state index < -0.39 is 16.5 Å². The first-order valence-corrected chi connectivity index (χ1v) is 9.82. The minimum absolute atomic E-state index is 0.0454. The van der Waals surface area contributed by atoms with Crippen molar-refractivity contribution in [1.29, 1.82) is 0 Å². The highest BCUT2D eigenvalue weighted by Crippen LogP contribution is 2.31. The van der Waals surface area contributed by atoms with Crippen LogP contribution in [0.4, 0.5) is 0 Å². The Kier molecular flexibility index (Phi) is 6.13. The van der Waals surface area contributed by atoms with Crippen LogP contribution in [0.25, 0.3) is 0 Å². The Hall–Kier alpha value is -2.80. The Morgan fingerprint density at radius 2 is 2.00 bits per heavy atom. The fourth-order valence-electron chi connectivity index (χ4n) is 3.48. The molecule has 1 aliphatic carbocycles. The number of rotatable bonds is 6. The van der Waals surface area contributed by atoms with Crippen LogP contribution in [0.5, 0.6) is 0 Å². The Bertz CT molecular complexity index is 963. The molecule has 0 radical (unpaired) electrons. The second-order valence-electron chi connectivity index (χ2n) is 6.54. The number of benzene rings is 2. The van der Waals surface area contributed by atoms with Crippen molar-refractivity contribution in [2.75, 3.05) is 0 Å². The Morgan fingerprint density at radius 1 is 1.22 bits per heavy atom. The van der Waals surface area contributed by atoms with Crippen LogP contribution in [0, 0.1) is 0 Å². The van der Waals surface area contributed by atoms with Gasteiger partial charge in [-0.25, -0.2) is 0 Å². The second-order valence-corrected chi connectivity index (χ2v) is 7.19. The molecule has 3 rings (SSSR count). The van der Waals surface area contributed by atoms with Gasteiger partial charge < -0.3 is 5.32 Å². The van der Waals surface area contributed by atoms with E-state index in [-0.39, 0.29) is 18.4 Å². The zero-order chi connectivity index (χ0) is 19.2. The second kappa shape index (κ2) is 8.73. The van der Waals surface area contributed by atoms with Gasteiger partial charge in [-0.1, -0.05) is 42.5 Å². The van der Waals surface area contributed by atoms with Gasteiger partial charge in [0.2, 0.25) is 5.91 Å². The maximum atomic E-state index is 12.6. The SMILES string of the molecule is O=Cc1ccc2c(c1)CCCC2NC(=O)CC(N=S(=O)=O)c1ccccc1. The van der Waals surface area contributed by atoms with E-state index in [9.17, 15) is 18.0 Å². The average molecular weight is 384 g/mol. The largest absolute Gasteiger partial charge is 0.349 e. The molecular weight excluding hydrogens is 364 g/mol. The number of amides is 1. The number of carbonyl (C=O) groups excluding carboxylic acids is 2. The molecule has 7 heteroatoms. The van der Waals surface area contributed by atoms with Crippen molar-refractivity contribution in [3.05, 3.63) is 70.8 Å². The summed E-state index contributed by atoms with van der Waals surface area (Å²) < 4.78 is 25.8. The lowest BCUT2D eigenvalue weighted by Crippen LogP contribution is -2.31. The normalized spacial score (nSPS) is 16.7. The molecule has 0 aliphatic heterocycles. The maximum Gasteiger partial charge on any atom is 0.311 e. The summed E-state index contributed by atoms with van der Waals surface area (Å²) in [5.41, 5.74) is 3.39. The summed E-state index contributed by atoms with van der Waals surface area (Å²) in [6.07, 6.45) is 3.37. The van der Waals surface area contributed by atoms with E-state index in [2.05, 4.69) is 9.68 Å². The van der Waals surface area contributed by atoms with Gasteiger partial charge in [0.25, 0.3) is 0 Å². The van der Waals surface area contributed by atoms with Crippen LogP contribution < -0.4 is 5.32 Å². The molecule has 0 saturated carbocycles. The molecule has 1 amide bonds. The van der Waals surface area contributed by atoms with Gasteiger partial charge >= 0.3 is 10.5 Å². The van der Waals surface area contributed by atoms with E-state index in [1.54, 1.807) is 30.3 Å². The maximum absolute atomic E-state index is 12.6. The summed E-state index contributed by atoms with van der Waals surface area (Å²) in [4.78, 5) is 23.5. The predicted molar refractivity (Wildman–Crippen MR) is 101 cm³/mol. The first-order valence-electron chi connectivity index (χ1n) is 8.79. The number of nitrogens with one attached hydrogen (secondary N) is 1. The number of fused-ring (bicyclic) bond motifs is 1. The summed E-state index contributed by atoms with van der Waals surface area (Å²) in [5, 5.41) is 3.00. The first kappa shape index (κ1) is 19.0. The molecule has 140 valence electrons. The van der Waals surface area contributed by atoms with E-state index in [0.717, 1.165) is 36.7 Å². The van der Waals surface area contributed by atoms with Gasteiger partial charge in [-0.2, -0.15) is 12.8 Å². The molecule has 0 spiro atoms. The first-order chi connectivity index (χ1) is 13.1. The topological polar surface area (TPSA) is 92.7 Å². The molecule has 1 aliphatic rings. The molecule has 2 atom stereocenters. The number of hydrogen-bond acceptors (Lipinski definition) is 5. The van der Waals surface area contributed by atoms with Gasteiger partial charge in [0.15, 0.2) is 0 Å². The van der Waals surface area contributed by atoms with Crippen LogP contribution in [0.1, 0.15) is 58.4 Å². The molecule has 6 nitrogen and oxygen atoms in total. The highest BCUT2D eigenvalue weighted by molar-refractivity contribution is 7.61. The number of carbonyl (C=O) groups is 2. The van der Waals surface area contributed by atoms with Crippen molar-refractivity contribution >= 4 is 22.7 Å². The quantitative estimate of drug-likeness (QED) is 0.774. The number of hydrogen-bond donors (Lipinski definition) is 1. The molecule has 2 aromatic rings. The highest BCUT2D eigenvalue weighted by Gasteiger charge is 2.24. The minimum Gasteiger partial charge on any atom is -0.349 e. The monoisotopic (exact) mass is 384 g/mol. The Morgan fingerprint density at radius 3 is 2.70 bits per heavy atom. The number of aryl methyl sites for hydroxylation is 1. The zero-order valence-electron chi connectivity index (χ0n) is 14.7. The molecule has 0 aromatic heterocycles. The molecule has 1 N–H and O–H groups in total. The van der Waals surface area contributed by atoms with E-state index in [4.69, 9.17) is 0 Å². The molecule has 2 unspecified atom stereocenters. The lowest BCUT2D eigenvalue weighted by molar-refractivity contribution is -0.122. The molecular formula is C20H20N2O4S. The summed E-state index contributed by atoms with van der Waals surface area (Å²) in [6.45, 7) is 0. The van der Waals surface area contributed by atoms with Gasteiger partial charge in [-0.05, 0) is 42.0 Å². The zero-order valence-corrected chi connectivity index (χ0v) is 15.5. The number of nitrogens with zero attached hydrogens (tertiary/aromatic N) is 1. The summed E-state index contributed by atoms with van der Waals surface area (Å²) in [6, 6.07) is 13.5. The van der Waals surface area contributed by atoms with Crippen molar-refractivity contribution in [1.82, 2.24) is 5.32 Å². The van der Waals surface area contributed by atoms with Crippen LogP contribution in [-0.4, -0.2) is 20.6 Å². The summed E-state index contributed by atoms with van der Waals surface area (Å²) >= 11 is 0. The highest BCUT2D eigenvalue weighted by atomic mass is 32.2. The predicted octanol–water partition coefficient (Wildman–Crippen LogP) is 3.19. The molecule has 27 heavy (non-hydrogen) atoms. The smallest absolute Gasteiger partial charge is 0.311 e. The van der Waals surface area contributed by atoms with E-state index in [0.29, 0.717) is 11.1 Å². The fraction of sp³-hybridized carbons (Fsp3) is 0.300. The molecule has 2 aromatic carbocycles. The van der Waals surface area contributed by atoms with Crippen LogP contribution in [-0.2, 0) is 21.7 Å². The third-order valence-corrected chi connectivity index (χ3v) is 5.16. The minimum atomic E-state index is -2.60. The molecule has 0 fully saturated rings. The van der Waals surface area contributed by atoms with Gasteiger partial charge in [0.1, 0.15) is 12.3 Å². The number of aldehydes is 1. The van der Waals surface area contributed by atoms with E-state index in [1.807, 2.05) is 18.2 Å². The lowest BCUT2D eigenvalue weighted by Gasteiger charge is -2.27. The Labute approximate surface area is 159 Å². The van der Waals surface area contributed by atoms with E-state index >= 15 is 0 Å². The van der Waals surface area contributed by atoms with Gasteiger partial charge in [-0.15, -0.1) is 0 Å². The molecule has 0 heterocycles. The summed E-state index contributed by atoms with van der Waals surface area (Å²) in [5.74, 6) is -0.254. The van der Waals surface area contributed by atoms with E-state index in [1.165, 1.54) is 0 Å². The lowest BCUT2D eigenvalue weighted by atomic mass is 9.86. The van der Waals surface area contributed by atoms with Crippen LogP contribution in [0.3, 0.4) is 0 Å². The Balaban J connectivity index is 1.75. The fourth-order valence-corrected chi connectivity index (χ4v) is 3.89. The van der Waals surface area contributed by atoms with Crippen LogP contribution >= 0.6 is 0 Å². The van der Waals surface area contributed by atoms with Crippen molar-refractivity contribution in [2.24, 2.45) is 4.36 Å². The van der Waals surface area contributed by atoms with Crippen molar-refractivity contribution in [3.8, 4) is 0 Å². The van der Waals surface area contributed by atoms with Crippen molar-refractivity contribution in [2.45, 2.75) is 37.8 Å². The summed E-state index contributed by atoms with van der Waals surface area (Å²) in [7, 11) is -2.60. The molecule has 0 saturated heterocycles. The van der Waals surface area contributed by atoms with Gasteiger partial charge in [-0.3, -0.25) is 9.59 Å². The standard InChI is InChI=1S/C20H20N2O4S/c23-13-14-9-10-17-16(11-14)7-4-8-18(17)21-20(24)12-19(22-27(25)26)15-5-2-1-3-6-15/h1-3,5-6,9-11,13,18-19H,4,7-8,12H2,(H,21,24). The van der Waals surface area contributed by atoms with Crippen LogP contribution in [0.15, 0.2) is 52.9 Å². The van der Waals surface area contributed by atoms with Gasteiger partial charge in [0, 0.05) is 5.56 Å². The van der Waals surface area contributed by atoms with Crippen LogP contribution in [0.2, 0.25) is 0 Å². The van der Waals surface area contributed by atoms with Gasteiger partial charge in [0.05, 0.1) is 12.5 Å². The molecule has 0 bridgehead atoms. The third-order valence-electron chi connectivity index (χ3n) is 4.73. The average Bonchev–Trinajstić information content (AvgIpc) is 2.67. The van der Waals surface area contributed by atoms with Crippen molar-refractivity contribution < 1.29 is 18.0 Å². The third kappa shape index (κ3) is 4.89.